The third-order valence-corrected chi connectivity index (χ3v) is 3.35. The number of hydrogen-bond donors (Lipinski definition) is 3. The standard InChI is InChI=1S/C16H15FN4O2/c17-10-3-4-11(16-20-6-7-21-16)12(8-10)14(9-22)23-13-2-1-5-19-15(13)18/h1-8,14,22H,9H2,(H2,18,19)(H,20,21). The number of aromatic nitrogens is 3. The first-order valence-electron chi connectivity index (χ1n) is 6.96. The number of anilines is 1. The Bertz CT molecular complexity index is 793. The number of pyridine rings is 1. The van der Waals surface area contributed by atoms with Gasteiger partial charge in [0.05, 0.1) is 6.61 Å². The number of hydrogen-bond acceptors (Lipinski definition) is 5. The summed E-state index contributed by atoms with van der Waals surface area (Å²) in [6, 6.07) is 7.53. The van der Waals surface area contributed by atoms with Crippen molar-refractivity contribution in [1.29, 1.82) is 0 Å². The minimum Gasteiger partial charge on any atom is -0.479 e. The molecule has 1 atom stereocenters. The van der Waals surface area contributed by atoms with Crippen LogP contribution in [0.5, 0.6) is 5.75 Å². The molecule has 4 N–H and O–H groups in total. The second-order valence-electron chi connectivity index (χ2n) is 4.85. The Labute approximate surface area is 131 Å². The van der Waals surface area contributed by atoms with Gasteiger partial charge in [-0.15, -0.1) is 0 Å². The topological polar surface area (TPSA) is 97.1 Å². The molecule has 0 bridgehead atoms. The number of aliphatic hydroxyl groups is 1. The van der Waals surface area contributed by atoms with E-state index in [4.69, 9.17) is 10.5 Å². The predicted molar refractivity (Wildman–Crippen MR) is 83.1 cm³/mol. The van der Waals surface area contributed by atoms with Gasteiger partial charge in [0.15, 0.2) is 11.6 Å². The summed E-state index contributed by atoms with van der Waals surface area (Å²) < 4.78 is 19.4. The van der Waals surface area contributed by atoms with Gasteiger partial charge in [-0.25, -0.2) is 14.4 Å². The normalized spacial score (nSPS) is 12.1. The van der Waals surface area contributed by atoms with Gasteiger partial charge >= 0.3 is 0 Å². The lowest BCUT2D eigenvalue weighted by atomic mass is 10.0. The summed E-state index contributed by atoms with van der Waals surface area (Å²) in [4.78, 5) is 11.1. The largest absolute Gasteiger partial charge is 0.479 e. The quantitative estimate of drug-likeness (QED) is 0.671. The van der Waals surface area contributed by atoms with Crippen LogP contribution >= 0.6 is 0 Å². The fraction of sp³-hybridized carbons (Fsp3) is 0.125. The van der Waals surface area contributed by atoms with Crippen molar-refractivity contribution in [3.63, 3.8) is 0 Å². The van der Waals surface area contributed by atoms with Crippen LogP contribution in [0.2, 0.25) is 0 Å². The molecule has 7 heteroatoms. The number of rotatable bonds is 5. The van der Waals surface area contributed by atoms with E-state index in [2.05, 4.69) is 15.0 Å². The van der Waals surface area contributed by atoms with Crippen LogP contribution in [0.4, 0.5) is 10.2 Å². The van der Waals surface area contributed by atoms with E-state index in [0.717, 1.165) is 0 Å². The van der Waals surface area contributed by atoms with Crippen LogP contribution in [0.25, 0.3) is 11.4 Å². The molecule has 0 saturated heterocycles. The predicted octanol–water partition coefficient (Wildman–Crippen LogP) is 2.31. The molecule has 1 aromatic carbocycles. The third kappa shape index (κ3) is 3.14. The van der Waals surface area contributed by atoms with Crippen LogP contribution in [-0.2, 0) is 0 Å². The van der Waals surface area contributed by atoms with Crippen LogP contribution < -0.4 is 10.5 Å². The highest BCUT2D eigenvalue weighted by molar-refractivity contribution is 5.61. The summed E-state index contributed by atoms with van der Waals surface area (Å²) >= 11 is 0. The Balaban J connectivity index is 2.01. The molecule has 6 nitrogen and oxygen atoms in total. The number of H-pyrrole nitrogens is 1. The van der Waals surface area contributed by atoms with Crippen molar-refractivity contribution in [3.8, 4) is 17.1 Å². The van der Waals surface area contributed by atoms with Crippen LogP contribution in [0, 0.1) is 5.82 Å². The molecular formula is C16H15FN4O2. The Morgan fingerprint density at radius 1 is 1.26 bits per heavy atom. The molecule has 0 radical (unpaired) electrons. The van der Waals surface area contributed by atoms with E-state index >= 15 is 0 Å². The molecule has 2 heterocycles. The molecule has 0 spiro atoms. The maximum Gasteiger partial charge on any atom is 0.166 e. The van der Waals surface area contributed by atoms with E-state index in [1.54, 1.807) is 30.6 Å². The minimum absolute atomic E-state index is 0.196. The molecule has 3 aromatic rings. The molecule has 0 aliphatic carbocycles. The zero-order valence-corrected chi connectivity index (χ0v) is 12.1. The van der Waals surface area contributed by atoms with Crippen molar-refractivity contribution in [1.82, 2.24) is 15.0 Å². The van der Waals surface area contributed by atoms with Crippen LogP contribution in [0.3, 0.4) is 0 Å². The zero-order valence-electron chi connectivity index (χ0n) is 12.1. The number of aliphatic hydroxyl groups excluding tert-OH is 1. The molecule has 0 aliphatic heterocycles. The van der Waals surface area contributed by atoms with Crippen molar-refractivity contribution in [2.75, 3.05) is 12.3 Å². The SMILES string of the molecule is Nc1ncccc1OC(CO)c1cc(F)ccc1-c1ncc[nH]1. The van der Waals surface area contributed by atoms with Gasteiger partial charge in [-0.1, -0.05) is 0 Å². The first-order chi connectivity index (χ1) is 11.2. The molecule has 0 aliphatic rings. The van der Waals surface area contributed by atoms with E-state index < -0.39 is 11.9 Å². The molecule has 23 heavy (non-hydrogen) atoms. The molecule has 0 fully saturated rings. The lowest BCUT2D eigenvalue weighted by molar-refractivity contribution is 0.117. The van der Waals surface area contributed by atoms with Crippen molar-refractivity contribution in [2.24, 2.45) is 0 Å². The van der Waals surface area contributed by atoms with Gasteiger partial charge in [0, 0.05) is 29.7 Å². The van der Waals surface area contributed by atoms with E-state index in [1.807, 2.05) is 0 Å². The van der Waals surface area contributed by atoms with E-state index in [0.29, 0.717) is 22.7 Å². The molecule has 0 amide bonds. The molecule has 3 rings (SSSR count). The first-order valence-corrected chi connectivity index (χ1v) is 6.96. The summed E-state index contributed by atoms with van der Waals surface area (Å²) in [5, 5.41) is 9.71. The minimum atomic E-state index is -0.808. The van der Waals surface area contributed by atoms with Crippen molar-refractivity contribution >= 4 is 5.82 Å². The van der Waals surface area contributed by atoms with Gasteiger partial charge < -0.3 is 20.6 Å². The van der Waals surface area contributed by atoms with Gasteiger partial charge in [0.25, 0.3) is 0 Å². The number of nitrogens with one attached hydrogen (secondary N) is 1. The molecule has 1 unspecified atom stereocenters. The van der Waals surface area contributed by atoms with Crippen LogP contribution in [0.15, 0.2) is 48.9 Å². The van der Waals surface area contributed by atoms with E-state index in [9.17, 15) is 9.50 Å². The van der Waals surface area contributed by atoms with E-state index in [1.165, 1.54) is 18.3 Å². The van der Waals surface area contributed by atoms with Crippen molar-refractivity contribution < 1.29 is 14.2 Å². The second kappa shape index (κ2) is 6.45. The maximum absolute atomic E-state index is 13.7. The van der Waals surface area contributed by atoms with Gasteiger partial charge in [-0.2, -0.15) is 0 Å². The van der Waals surface area contributed by atoms with Crippen LogP contribution in [-0.4, -0.2) is 26.7 Å². The monoisotopic (exact) mass is 314 g/mol. The van der Waals surface area contributed by atoms with E-state index in [-0.39, 0.29) is 12.4 Å². The number of nitrogens with zero attached hydrogens (tertiary/aromatic N) is 2. The third-order valence-electron chi connectivity index (χ3n) is 3.35. The van der Waals surface area contributed by atoms with Gasteiger partial charge in [0.1, 0.15) is 17.7 Å². The number of imidazole rings is 1. The number of halogens is 1. The summed E-state index contributed by atoms with van der Waals surface area (Å²) in [5.74, 6) is 0.640. The highest BCUT2D eigenvalue weighted by Crippen LogP contribution is 2.31. The summed E-state index contributed by atoms with van der Waals surface area (Å²) in [6.45, 7) is -0.356. The Morgan fingerprint density at radius 3 is 2.83 bits per heavy atom. The fourth-order valence-corrected chi connectivity index (χ4v) is 2.28. The average Bonchev–Trinajstić information content (AvgIpc) is 3.08. The Morgan fingerprint density at radius 2 is 2.13 bits per heavy atom. The van der Waals surface area contributed by atoms with Gasteiger partial charge in [-0.3, -0.25) is 0 Å². The lowest BCUT2D eigenvalue weighted by Crippen LogP contribution is -2.15. The number of nitrogens with two attached hydrogens (primary N) is 1. The summed E-state index contributed by atoms with van der Waals surface area (Å²) in [7, 11) is 0. The molecule has 2 aromatic heterocycles. The first kappa shape index (κ1) is 15.0. The number of nitrogen functional groups attached to an aromatic ring is 1. The smallest absolute Gasteiger partial charge is 0.166 e. The lowest BCUT2D eigenvalue weighted by Gasteiger charge is -2.20. The fourth-order valence-electron chi connectivity index (χ4n) is 2.28. The second-order valence-corrected chi connectivity index (χ2v) is 4.85. The maximum atomic E-state index is 13.7. The molecule has 118 valence electrons. The van der Waals surface area contributed by atoms with Crippen molar-refractivity contribution in [3.05, 3.63) is 60.3 Å². The number of ether oxygens (including phenoxy) is 1. The van der Waals surface area contributed by atoms with Crippen LogP contribution in [0.1, 0.15) is 11.7 Å². The zero-order chi connectivity index (χ0) is 16.2. The summed E-state index contributed by atoms with van der Waals surface area (Å²) in [5.41, 5.74) is 6.85. The van der Waals surface area contributed by atoms with Gasteiger partial charge in [0.2, 0.25) is 0 Å². The number of benzene rings is 1. The molecular weight excluding hydrogens is 299 g/mol. The van der Waals surface area contributed by atoms with Gasteiger partial charge in [-0.05, 0) is 30.3 Å². The summed E-state index contributed by atoms with van der Waals surface area (Å²) in [6.07, 6.45) is 3.98. The number of aromatic amines is 1. The Kier molecular flexibility index (Phi) is 4.20. The highest BCUT2D eigenvalue weighted by atomic mass is 19.1. The average molecular weight is 314 g/mol. The Hall–Kier alpha value is -2.93. The highest BCUT2D eigenvalue weighted by Gasteiger charge is 2.20. The molecule has 0 saturated carbocycles. The van der Waals surface area contributed by atoms with Crippen molar-refractivity contribution in [2.45, 2.75) is 6.10 Å².